The van der Waals surface area contributed by atoms with Crippen LogP contribution >= 0.6 is 0 Å². The highest BCUT2D eigenvalue weighted by Gasteiger charge is 2.18. The number of pyridine rings is 1. The van der Waals surface area contributed by atoms with Crippen molar-refractivity contribution in [2.24, 2.45) is 11.5 Å². The van der Waals surface area contributed by atoms with Gasteiger partial charge in [0.25, 0.3) is 5.91 Å². The molecule has 0 radical (unpaired) electrons. The van der Waals surface area contributed by atoms with Crippen LogP contribution in [0.4, 0.5) is 10.2 Å². The van der Waals surface area contributed by atoms with Crippen molar-refractivity contribution < 1.29 is 9.18 Å². The van der Waals surface area contributed by atoms with E-state index in [9.17, 15) is 9.18 Å². The van der Waals surface area contributed by atoms with Gasteiger partial charge in [-0.25, -0.2) is 9.37 Å². The number of nitrogens with two attached hydrogens (primary N) is 2. The number of amides is 1. The summed E-state index contributed by atoms with van der Waals surface area (Å²) < 4.78 is 14.8. The number of hydrogen-bond acceptors (Lipinski definition) is 4. The zero-order valence-electron chi connectivity index (χ0n) is 18.6. The number of anilines is 1. The minimum Gasteiger partial charge on any atom is -0.370 e. The Morgan fingerprint density at radius 1 is 0.971 bits per heavy atom. The third-order valence-electron chi connectivity index (χ3n) is 6.05. The van der Waals surface area contributed by atoms with Gasteiger partial charge in [0.05, 0.1) is 0 Å². The molecule has 2 aromatic rings. The van der Waals surface area contributed by atoms with Crippen LogP contribution in [0.15, 0.2) is 48.7 Å². The third kappa shape index (κ3) is 5.06. The normalized spacial score (nSPS) is 15.9. The van der Waals surface area contributed by atoms with E-state index in [2.05, 4.69) is 10.3 Å². The quantitative estimate of drug-likeness (QED) is 0.348. The molecule has 1 aromatic heterocycles. The topological polar surface area (TPSA) is 148 Å². The summed E-state index contributed by atoms with van der Waals surface area (Å²) in [6.07, 6.45) is 6.88. The van der Waals surface area contributed by atoms with Gasteiger partial charge >= 0.3 is 0 Å². The summed E-state index contributed by atoms with van der Waals surface area (Å²) in [6.45, 7) is 2.26. The van der Waals surface area contributed by atoms with E-state index < -0.39 is 11.7 Å². The van der Waals surface area contributed by atoms with Crippen molar-refractivity contribution in [3.05, 3.63) is 71.2 Å². The molecular weight excluding hydrogens is 435 g/mol. The lowest BCUT2D eigenvalue weighted by molar-refractivity contribution is 0.102. The Morgan fingerprint density at radius 2 is 1.62 bits per heavy atom. The molecule has 0 unspecified atom stereocenters. The van der Waals surface area contributed by atoms with Gasteiger partial charge in [-0.1, -0.05) is 18.2 Å². The number of guanidine groups is 2. The summed E-state index contributed by atoms with van der Waals surface area (Å²) in [7, 11) is 0. The first kappa shape index (κ1) is 23.0. The van der Waals surface area contributed by atoms with E-state index >= 15 is 0 Å². The van der Waals surface area contributed by atoms with E-state index in [1.54, 1.807) is 34.2 Å². The Kier molecular flexibility index (Phi) is 6.58. The summed E-state index contributed by atoms with van der Waals surface area (Å²) in [5, 5.41) is 17.7. The molecule has 34 heavy (non-hydrogen) atoms. The monoisotopic (exact) mass is 462 g/mol. The molecular formula is C24H27FN8O. The average molecular weight is 463 g/mol. The summed E-state index contributed by atoms with van der Waals surface area (Å²) in [4.78, 5) is 20.4. The molecule has 7 N–H and O–H groups in total. The van der Waals surface area contributed by atoms with Crippen molar-refractivity contribution in [3.63, 3.8) is 0 Å². The number of hydrogen-bond donors (Lipinski definition) is 5. The first-order valence-corrected chi connectivity index (χ1v) is 11.0. The van der Waals surface area contributed by atoms with Crippen LogP contribution in [-0.4, -0.2) is 58.8 Å². The molecule has 176 valence electrons. The number of rotatable bonds is 4. The fourth-order valence-electron chi connectivity index (χ4n) is 4.05. The smallest absolute Gasteiger partial charge is 0.256 e. The predicted molar refractivity (Wildman–Crippen MR) is 131 cm³/mol. The second-order valence-electron chi connectivity index (χ2n) is 8.20. The van der Waals surface area contributed by atoms with Crippen molar-refractivity contribution in [2.75, 3.05) is 31.5 Å². The number of halogens is 1. The second kappa shape index (κ2) is 9.74. The van der Waals surface area contributed by atoms with Crippen LogP contribution in [0.3, 0.4) is 0 Å². The van der Waals surface area contributed by atoms with E-state index in [-0.39, 0.29) is 17.5 Å². The SMILES string of the molecule is N=C(N)N1CC=C(c2ccc(NC(=O)c3ccc(C4=CCN(C(=N)N)CC4)c(F)c3)nc2)CC1. The molecule has 0 saturated heterocycles. The number of benzene rings is 1. The highest BCUT2D eigenvalue weighted by atomic mass is 19.1. The molecule has 0 aliphatic carbocycles. The first-order valence-electron chi connectivity index (χ1n) is 11.0. The molecule has 3 heterocycles. The maximum atomic E-state index is 14.8. The van der Waals surface area contributed by atoms with E-state index in [0.29, 0.717) is 44.0 Å². The number of nitrogens with zero attached hydrogens (tertiary/aromatic N) is 3. The van der Waals surface area contributed by atoms with Gasteiger partial charge in [-0.3, -0.25) is 15.6 Å². The summed E-state index contributed by atoms with van der Waals surface area (Å²) >= 11 is 0. The summed E-state index contributed by atoms with van der Waals surface area (Å²) in [5.41, 5.74) is 14.6. The van der Waals surface area contributed by atoms with Crippen LogP contribution in [0.25, 0.3) is 11.1 Å². The van der Waals surface area contributed by atoms with Crippen LogP contribution in [0.2, 0.25) is 0 Å². The van der Waals surface area contributed by atoms with Crippen LogP contribution in [-0.2, 0) is 0 Å². The van der Waals surface area contributed by atoms with Crippen molar-refractivity contribution in [1.29, 1.82) is 10.8 Å². The van der Waals surface area contributed by atoms with E-state index in [4.69, 9.17) is 22.3 Å². The molecule has 9 nitrogen and oxygen atoms in total. The highest BCUT2D eigenvalue weighted by Crippen LogP contribution is 2.26. The molecule has 1 aromatic carbocycles. The van der Waals surface area contributed by atoms with Gasteiger partial charge in [-0.15, -0.1) is 0 Å². The predicted octanol–water partition coefficient (Wildman–Crippen LogP) is 2.44. The van der Waals surface area contributed by atoms with Crippen LogP contribution in [0.5, 0.6) is 0 Å². The minimum absolute atomic E-state index is 0.000439. The zero-order chi connectivity index (χ0) is 24.2. The van der Waals surface area contributed by atoms with Gasteiger partial charge in [-0.2, -0.15) is 0 Å². The van der Waals surface area contributed by atoms with Gasteiger partial charge in [0, 0.05) is 43.5 Å². The lowest BCUT2D eigenvalue weighted by Gasteiger charge is -2.26. The fourth-order valence-corrected chi connectivity index (χ4v) is 4.05. The van der Waals surface area contributed by atoms with Gasteiger partial charge in [0.2, 0.25) is 0 Å². The molecule has 10 heteroatoms. The molecule has 2 aliphatic rings. The molecule has 1 amide bonds. The minimum atomic E-state index is -0.470. The van der Waals surface area contributed by atoms with Crippen molar-refractivity contribution in [2.45, 2.75) is 12.8 Å². The number of carbonyl (C=O) groups is 1. The molecule has 0 spiro atoms. The standard InChI is InChI=1S/C24H27FN8O/c25-20-13-17(1-3-19(20)16-7-11-33(12-8-16)24(28)29)22(34)31-21-4-2-18(14-30-21)15-5-9-32(10-6-15)23(26)27/h1-5,7,13-14H,6,8-12H2,(H3,26,27)(H3,28,29)(H,30,31,34). The molecule has 2 aliphatic heterocycles. The highest BCUT2D eigenvalue weighted by molar-refractivity contribution is 6.04. The first-order chi connectivity index (χ1) is 16.3. The summed E-state index contributed by atoms with van der Waals surface area (Å²) in [6, 6.07) is 8.01. The lowest BCUT2D eigenvalue weighted by Crippen LogP contribution is -2.39. The molecule has 0 saturated carbocycles. The average Bonchev–Trinajstić information content (AvgIpc) is 2.84. The maximum absolute atomic E-state index is 14.8. The van der Waals surface area contributed by atoms with Crippen LogP contribution in [0.1, 0.15) is 34.3 Å². The number of aromatic nitrogens is 1. The molecule has 0 fully saturated rings. The van der Waals surface area contributed by atoms with Crippen LogP contribution < -0.4 is 16.8 Å². The Hall–Kier alpha value is -4.21. The van der Waals surface area contributed by atoms with Crippen molar-refractivity contribution >= 4 is 34.8 Å². The van der Waals surface area contributed by atoms with Crippen LogP contribution in [0, 0.1) is 16.6 Å². The number of carbonyl (C=O) groups excluding carboxylic acids is 1. The van der Waals surface area contributed by atoms with E-state index in [0.717, 1.165) is 23.1 Å². The maximum Gasteiger partial charge on any atom is 0.256 e. The Morgan fingerprint density at radius 3 is 2.12 bits per heavy atom. The van der Waals surface area contributed by atoms with E-state index in [1.165, 1.54) is 6.07 Å². The Balaban J connectivity index is 1.40. The van der Waals surface area contributed by atoms with Gasteiger partial charge in [0.1, 0.15) is 11.6 Å². The van der Waals surface area contributed by atoms with Gasteiger partial charge in [-0.05, 0) is 53.8 Å². The fraction of sp³-hybridized carbons (Fsp3) is 0.250. The lowest BCUT2D eigenvalue weighted by atomic mass is 9.97. The van der Waals surface area contributed by atoms with Crippen molar-refractivity contribution in [1.82, 2.24) is 14.8 Å². The second-order valence-corrected chi connectivity index (χ2v) is 8.20. The van der Waals surface area contributed by atoms with Gasteiger partial charge < -0.3 is 26.6 Å². The molecule has 0 bridgehead atoms. The van der Waals surface area contributed by atoms with E-state index in [1.807, 2.05) is 18.2 Å². The van der Waals surface area contributed by atoms with Gasteiger partial charge in [0.15, 0.2) is 11.9 Å². The number of nitrogens with one attached hydrogen (secondary N) is 3. The third-order valence-corrected chi connectivity index (χ3v) is 6.05. The molecule has 0 atom stereocenters. The zero-order valence-corrected chi connectivity index (χ0v) is 18.6. The molecule has 4 rings (SSSR count). The summed E-state index contributed by atoms with van der Waals surface area (Å²) in [5.74, 6) is -0.479. The Bertz CT molecular complexity index is 1190. The largest absolute Gasteiger partial charge is 0.370 e. The van der Waals surface area contributed by atoms with Crippen molar-refractivity contribution in [3.8, 4) is 0 Å². The Labute approximate surface area is 197 Å².